The Labute approximate surface area is 142 Å². The molecule has 1 atom stereocenters. The summed E-state index contributed by atoms with van der Waals surface area (Å²) >= 11 is 1.86. The van der Waals surface area contributed by atoms with Gasteiger partial charge in [0.15, 0.2) is 11.5 Å². The van der Waals surface area contributed by atoms with E-state index in [1.54, 1.807) is 6.07 Å². The summed E-state index contributed by atoms with van der Waals surface area (Å²) in [6, 6.07) is 10.7. The Morgan fingerprint density at radius 3 is 2.96 bits per heavy atom. The third kappa shape index (κ3) is 4.06. The largest absolute Gasteiger partial charge is 0.504 e. The molecular weight excluding hydrogens is 306 g/mol. The van der Waals surface area contributed by atoms with E-state index < -0.39 is 0 Å². The van der Waals surface area contributed by atoms with Crippen LogP contribution in [0.25, 0.3) is 0 Å². The first-order chi connectivity index (χ1) is 11.3. The smallest absolute Gasteiger partial charge is 0.161 e. The van der Waals surface area contributed by atoms with Crippen molar-refractivity contribution in [1.29, 1.82) is 0 Å². The molecule has 0 spiro atoms. The maximum atomic E-state index is 9.88. The van der Waals surface area contributed by atoms with Gasteiger partial charge in [0.05, 0.1) is 6.61 Å². The van der Waals surface area contributed by atoms with Gasteiger partial charge in [-0.2, -0.15) is 0 Å². The van der Waals surface area contributed by atoms with Crippen molar-refractivity contribution >= 4 is 11.3 Å². The monoisotopic (exact) mass is 331 g/mol. The molecule has 3 rings (SSSR count). The number of ether oxygens (including phenoxy) is 1. The summed E-state index contributed by atoms with van der Waals surface area (Å²) in [7, 11) is 0. The van der Waals surface area contributed by atoms with Gasteiger partial charge in [0.1, 0.15) is 0 Å². The van der Waals surface area contributed by atoms with Crippen LogP contribution < -0.4 is 4.74 Å². The summed E-state index contributed by atoms with van der Waals surface area (Å²) < 4.78 is 5.52. The number of thiophene rings is 1. The Bertz CT molecular complexity index is 612. The topological polar surface area (TPSA) is 32.7 Å². The SMILES string of the molecule is CCOc1cc(CN2CCCCC[C@H]2c2cccs2)ccc1O. The van der Waals surface area contributed by atoms with E-state index in [9.17, 15) is 5.11 Å². The molecule has 1 saturated heterocycles. The Morgan fingerprint density at radius 1 is 1.26 bits per heavy atom. The van der Waals surface area contributed by atoms with Crippen LogP contribution in [-0.4, -0.2) is 23.2 Å². The first kappa shape index (κ1) is 16.3. The van der Waals surface area contributed by atoms with Crippen molar-refractivity contribution in [3.05, 3.63) is 46.2 Å². The van der Waals surface area contributed by atoms with Crippen molar-refractivity contribution < 1.29 is 9.84 Å². The molecule has 4 heteroatoms. The van der Waals surface area contributed by atoms with Crippen molar-refractivity contribution in [2.45, 2.75) is 45.2 Å². The van der Waals surface area contributed by atoms with Crippen LogP contribution in [0.5, 0.6) is 11.5 Å². The molecule has 124 valence electrons. The molecule has 3 nitrogen and oxygen atoms in total. The highest BCUT2D eigenvalue weighted by molar-refractivity contribution is 7.10. The van der Waals surface area contributed by atoms with Crippen molar-refractivity contribution in [1.82, 2.24) is 4.90 Å². The molecule has 1 aliphatic heterocycles. The molecule has 0 aliphatic carbocycles. The van der Waals surface area contributed by atoms with E-state index in [0.717, 1.165) is 13.1 Å². The zero-order chi connectivity index (χ0) is 16.1. The predicted octanol–water partition coefficient (Wildman–Crippen LogP) is 4.97. The molecule has 1 aromatic carbocycles. The van der Waals surface area contributed by atoms with Crippen LogP contribution in [0.15, 0.2) is 35.7 Å². The first-order valence-electron chi connectivity index (χ1n) is 8.50. The fourth-order valence-electron chi connectivity index (χ4n) is 3.32. The van der Waals surface area contributed by atoms with Gasteiger partial charge in [0.2, 0.25) is 0 Å². The summed E-state index contributed by atoms with van der Waals surface area (Å²) in [6.45, 7) is 4.54. The van der Waals surface area contributed by atoms with E-state index in [-0.39, 0.29) is 5.75 Å². The standard InChI is InChI=1S/C19H25NO2S/c1-2-22-18-13-15(9-10-17(18)21)14-20-11-5-3-4-7-16(20)19-8-6-12-23-19/h6,8-10,12-13,16,21H,2-5,7,11,14H2,1H3/t16-/m0/s1. The van der Waals surface area contributed by atoms with Gasteiger partial charge in [-0.05, 0) is 55.5 Å². The van der Waals surface area contributed by atoms with Gasteiger partial charge in [-0.25, -0.2) is 0 Å². The summed E-state index contributed by atoms with van der Waals surface area (Å²) in [4.78, 5) is 4.05. The molecule has 0 unspecified atom stereocenters. The molecule has 1 N–H and O–H groups in total. The fraction of sp³-hybridized carbons (Fsp3) is 0.474. The summed E-state index contributed by atoms with van der Waals surface area (Å²) in [5.74, 6) is 0.814. The van der Waals surface area contributed by atoms with Gasteiger partial charge in [0.25, 0.3) is 0 Å². The zero-order valence-electron chi connectivity index (χ0n) is 13.7. The average molecular weight is 331 g/mol. The molecule has 0 bridgehead atoms. The second-order valence-electron chi connectivity index (χ2n) is 6.09. The second-order valence-corrected chi connectivity index (χ2v) is 7.07. The van der Waals surface area contributed by atoms with Gasteiger partial charge in [-0.3, -0.25) is 4.90 Å². The van der Waals surface area contributed by atoms with Crippen LogP contribution in [0.4, 0.5) is 0 Å². The normalized spacial score (nSPS) is 19.4. The number of rotatable bonds is 5. The average Bonchev–Trinajstić information content (AvgIpc) is 2.98. The number of aromatic hydroxyl groups is 1. The molecule has 0 radical (unpaired) electrons. The second kappa shape index (κ2) is 7.84. The Hall–Kier alpha value is -1.52. The summed E-state index contributed by atoms with van der Waals surface area (Å²) in [6.07, 6.45) is 5.12. The number of hydrogen-bond acceptors (Lipinski definition) is 4. The maximum absolute atomic E-state index is 9.88. The quantitative estimate of drug-likeness (QED) is 0.839. The van der Waals surface area contributed by atoms with E-state index in [4.69, 9.17) is 4.74 Å². The lowest BCUT2D eigenvalue weighted by Gasteiger charge is -2.29. The molecule has 23 heavy (non-hydrogen) atoms. The highest BCUT2D eigenvalue weighted by atomic mass is 32.1. The van der Waals surface area contributed by atoms with E-state index >= 15 is 0 Å². The van der Waals surface area contributed by atoms with Crippen molar-refractivity contribution in [2.24, 2.45) is 0 Å². The van der Waals surface area contributed by atoms with Crippen LogP contribution in [0.2, 0.25) is 0 Å². The van der Waals surface area contributed by atoms with E-state index in [0.29, 0.717) is 18.4 Å². The minimum absolute atomic E-state index is 0.223. The molecule has 1 fully saturated rings. The molecular formula is C19H25NO2S. The Kier molecular flexibility index (Phi) is 5.57. The number of benzene rings is 1. The molecule has 1 aliphatic rings. The fourth-order valence-corrected chi connectivity index (χ4v) is 4.22. The Balaban J connectivity index is 1.79. The number of phenolic OH excluding ortho intramolecular Hbond substituents is 1. The van der Waals surface area contributed by atoms with E-state index in [1.165, 1.54) is 36.1 Å². The lowest BCUT2D eigenvalue weighted by atomic mass is 10.1. The van der Waals surface area contributed by atoms with Crippen molar-refractivity contribution in [3.63, 3.8) is 0 Å². The number of likely N-dealkylation sites (tertiary alicyclic amines) is 1. The van der Waals surface area contributed by atoms with Crippen LogP contribution in [0.1, 0.15) is 49.1 Å². The van der Waals surface area contributed by atoms with Crippen LogP contribution >= 0.6 is 11.3 Å². The molecule has 0 saturated carbocycles. The van der Waals surface area contributed by atoms with Crippen molar-refractivity contribution in [3.8, 4) is 11.5 Å². The summed E-state index contributed by atoms with van der Waals surface area (Å²) in [5.41, 5.74) is 1.20. The Morgan fingerprint density at radius 2 is 2.17 bits per heavy atom. The van der Waals surface area contributed by atoms with Crippen LogP contribution in [0, 0.1) is 0 Å². The lowest BCUT2D eigenvalue weighted by Crippen LogP contribution is -2.27. The maximum Gasteiger partial charge on any atom is 0.161 e. The third-order valence-corrected chi connectivity index (χ3v) is 5.42. The highest BCUT2D eigenvalue weighted by Gasteiger charge is 2.23. The predicted molar refractivity (Wildman–Crippen MR) is 95.2 cm³/mol. The van der Waals surface area contributed by atoms with Crippen molar-refractivity contribution in [2.75, 3.05) is 13.2 Å². The molecule has 2 heterocycles. The van der Waals surface area contributed by atoms with Gasteiger partial charge in [-0.15, -0.1) is 11.3 Å². The molecule has 1 aromatic heterocycles. The van der Waals surface area contributed by atoms with E-state index in [1.807, 2.05) is 30.4 Å². The molecule has 2 aromatic rings. The number of nitrogens with zero attached hydrogens (tertiary/aromatic N) is 1. The van der Waals surface area contributed by atoms with Crippen LogP contribution in [-0.2, 0) is 6.54 Å². The minimum Gasteiger partial charge on any atom is -0.504 e. The minimum atomic E-state index is 0.223. The van der Waals surface area contributed by atoms with Gasteiger partial charge < -0.3 is 9.84 Å². The third-order valence-electron chi connectivity index (χ3n) is 4.44. The summed E-state index contributed by atoms with van der Waals surface area (Å²) in [5, 5.41) is 12.1. The molecule has 0 amide bonds. The zero-order valence-corrected chi connectivity index (χ0v) is 14.5. The van der Waals surface area contributed by atoms with Gasteiger partial charge in [-0.1, -0.05) is 25.0 Å². The number of phenols is 1. The number of hydrogen-bond donors (Lipinski definition) is 1. The van der Waals surface area contributed by atoms with E-state index in [2.05, 4.69) is 22.4 Å². The lowest BCUT2D eigenvalue weighted by molar-refractivity contribution is 0.195. The first-order valence-corrected chi connectivity index (χ1v) is 9.38. The highest BCUT2D eigenvalue weighted by Crippen LogP contribution is 2.35. The van der Waals surface area contributed by atoms with Gasteiger partial charge in [0, 0.05) is 17.5 Å². The van der Waals surface area contributed by atoms with Gasteiger partial charge >= 0.3 is 0 Å². The van der Waals surface area contributed by atoms with Crippen LogP contribution in [0.3, 0.4) is 0 Å².